The van der Waals surface area contributed by atoms with Crippen molar-refractivity contribution in [3.63, 3.8) is 0 Å². The fourth-order valence-corrected chi connectivity index (χ4v) is 1.35. The molecule has 0 aromatic rings. The highest BCUT2D eigenvalue weighted by atomic mass is 16.5. The lowest BCUT2D eigenvalue weighted by molar-refractivity contribution is -0.143. The molecule has 3 nitrogen and oxygen atoms in total. The first kappa shape index (κ1) is 13.1. The Bertz CT molecular complexity index is 187. The molecule has 0 spiro atoms. The van der Waals surface area contributed by atoms with Crippen LogP contribution in [-0.4, -0.2) is 18.9 Å². The predicted molar refractivity (Wildman–Crippen MR) is 54.9 cm³/mol. The highest BCUT2D eigenvalue weighted by Crippen LogP contribution is 2.13. The molecule has 14 heavy (non-hydrogen) atoms. The van der Waals surface area contributed by atoms with Gasteiger partial charge in [-0.2, -0.15) is 0 Å². The van der Waals surface area contributed by atoms with Crippen molar-refractivity contribution in [2.75, 3.05) is 7.11 Å². The van der Waals surface area contributed by atoms with Gasteiger partial charge in [-0.3, -0.25) is 9.59 Å². The first-order valence-corrected chi connectivity index (χ1v) is 5.18. The first-order chi connectivity index (χ1) is 6.60. The summed E-state index contributed by atoms with van der Waals surface area (Å²) in [5.41, 5.74) is 0. The molecular weight excluding hydrogens is 180 g/mol. The second-order valence-corrected chi connectivity index (χ2v) is 3.74. The van der Waals surface area contributed by atoms with E-state index >= 15 is 0 Å². The molecule has 82 valence electrons. The molecule has 0 aliphatic carbocycles. The van der Waals surface area contributed by atoms with Gasteiger partial charge in [-0.25, -0.2) is 0 Å². The lowest BCUT2D eigenvalue weighted by Gasteiger charge is -2.08. The summed E-state index contributed by atoms with van der Waals surface area (Å²) in [6, 6.07) is 0. The Morgan fingerprint density at radius 2 is 2.00 bits per heavy atom. The highest BCUT2D eigenvalue weighted by Gasteiger charge is 2.12. The van der Waals surface area contributed by atoms with Crippen molar-refractivity contribution in [1.82, 2.24) is 0 Å². The zero-order valence-electron chi connectivity index (χ0n) is 9.34. The molecule has 0 rings (SSSR count). The molecule has 3 heteroatoms. The van der Waals surface area contributed by atoms with E-state index in [-0.39, 0.29) is 12.2 Å². The summed E-state index contributed by atoms with van der Waals surface area (Å²) in [4.78, 5) is 22.1. The Morgan fingerprint density at radius 1 is 1.36 bits per heavy atom. The van der Waals surface area contributed by atoms with Crippen molar-refractivity contribution in [2.45, 2.75) is 46.0 Å². The molecule has 0 radical (unpaired) electrons. The number of hydrogen-bond acceptors (Lipinski definition) is 3. The molecule has 0 heterocycles. The van der Waals surface area contributed by atoms with E-state index in [1.54, 1.807) is 0 Å². The maximum atomic E-state index is 11.3. The van der Waals surface area contributed by atoms with Crippen LogP contribution in [0.15, 0.2) is 0 Å². The smallest absolute Gasteiger partial charge is 0.313 e. The Kier molecular flexibility index (Phi) is 7.07. The third-order valence-electron chi connectivity index (χ3n) is 2.20. The third kappa shape index (κ3) is 6.63. The zero-order chi connectivity index (χ0) is 11.0. The van der Waals surface area contributed by atoms with Crippen LogP contribution < -0.4 is 0 Å². The minimum Gasteiger partial charge on any atom is -0.469 e. The molecule has 1 atom stereocenters. The normalized spacial score (nSPS) is 12.2. The molecular formula is C11H20O3. The standard InChI is InChI=1S/C11H20O3/c1-4-5-6-9(2)7-10(12)8-11(13)14-3/h9H,4-8H2,1-3H3/t9-/m0/s1. The molecule has 0 saturated heterocycles. The lowest BCUT2D eigenvalue weighted by atomic mass is 9.97. The number of carbonyl (C=O) groups excluding carboxylic acids is 2. The van der Waals surface area contributed by atoms with E-state index in [0.29, 0.717) is 12.3 Å². The number of methoxy groups -OCH3 is 1. The average Bonchev–Trinajstić information content (AvgIpc) is 2.14. The Morgan fingerprint density at radius 3 is 2.50 bits per heavy atom. The van der Waals surface area contributed by atoms with Gasteiger partial charge < -0.3 is 4.74 Å². The van der Waals surface area contributed by atoms with Crippen molar-refractivity contribution in [2.24, 2.45) is 5.92 Å². The number of ether oxygens (including phenoxy) is 1. The van der Waals surface area contributed by atoms with Gasteiger partial charge in [0.1, 0.15) is 12.2 Å². The van der Waals surface area contributed by atoms with Crippen LogP contribution in [0.3, 0.4) is 0 Å². The van der Waals surface area contributed by atoms with Crippen LogP contribution in [0, 0.1) is 5.92 Å². The molecule has 0 amide bonds. The van der Waals surface area contributed by atoms with Gasteiger partial charge in [0.15, 0.2) is 0 Å². The van der Waals surface area contributed by atoms with Gasteiger partial charge in [0, 0.05) is 6.42 Å². The van der Waals surface area contributed by atoms with Gasteiger partial charge in [-0.05, 0) is 5.92 Å². The quantitative estimate of drug-likeness (QED) is 0.468. The third-order valence-corrected chi connectivity index (χ3v) is 2.20. The molecule has 0 N–H and O–H groups in total. The van der Waals surface area contributed by atoms with Gasteiger partial charge >= 0.3 is 5.97 Å². The topological polar surface area (TPSA) is 43.4 Å². The van der Waals surface area contributed by atoms with Crippen LogP contribution in [0.2, 0.25) is 0 Å². The van der Waals surface area contributed by atoms with E-state index in [1.807, 2.05) is 6.92 Å². The van der Waals surface area contributed by atoms with Crippen LogP contribution >= 0.6 is 0 Å². The fourth-order valence-electron chi connectivity index (χ4n) is 1.35. The van der Waals surface area contributed by atoms with E-state index < -0.39 is 5.97 Å². The summed E-state index contributed by atoms with van der Waals surface area (Å²) in [6.07, 6.45) is 3.77. The van der Waals surface area contributed by atoms with Crippen molar-refractivity contribution < 1.29 is 14.3 Å². The summed E-state index contributed by atoms with van der Waals surface area (Å²) < 4.78 is 4.42. The number of unbranched alkanes of at least 4 members (excludes halogenated alkanes) is 1. The van der Waals surface area contributed by atoms with Gasteiger partial charge in [-0.15, -0.1) is 0 Å². The van der Waals surface area contributed by atoms with Crippen molar-refractivity contribution in [3.05, 3.63) is 0 Å². The van der Waals surface area contributed by atoms with E-state index in [1.165, 1.54) is 7.11 Å². The molecule has 0 unspecified atom stereocenters. The van der Waals surface area contributed by atoms with Crippen LogP contribution in [0.4, 0.5) is 0 Å². The maximum Gasteiger partial charge on any atom is 0.313 e. The summed E-state index contributed by atoms with van der Waals surface area (Å²) in [7, 11) is 1.30. The number of hydrogen-bond donors (Lipinski definition) is 0. The fraction of sp³-hybridized carbons (Fsp3) is 0.818. The van der Waals surface area contributed by atoms with Crippen LogP contribution in [0.25, 0.3) is 0 Å². The molecule has 0 aromatic heterocycles. The summed E-state index contributed by atoms with van der Waals surface area (Å²) >= 11 is 0. The van der Waals surface area contributed by atoms with Crippen molar-refractivity contribution in [3.8, 4) is 0 Å². The Labute approximate surface area is 85.8 Å². The number of carbonyl (C=O) groups is 2. The molecule has 0 fully saturated rings. The Balaban J connectivity index is 3.65. The average molecular weight is 200 g/mol. The SMILES string of the molecule is CCCC[C@H](C)CC(=O)CC(=O)OC. The summed E-state index contributed by atoms with van der Waals surface area (Å²) in [5.74, 6) is -0.0646. The lowest BCUT2D eigenvalue weighted by Crippen LogP contribution is -2.12. The van der Waals surface area contributed by atoms with Gasteiger partial charge in [0.25, 0.3) is 0 Å². The van der Waals surface area contributed by atoms with E-state index in [9.17, 15) is 9.59 Å². The number of Topliss-reactive ketones (excluding diaryl/α,β-unsaturated/α-hetero) is 1. The number of ketones is 1. The van der Waals surface area contributed by atoms with Crippen molar-refractivity contribution >= 4 is 11.8 Å². The Hall–Kier alpha value is -0.860. The molecule has 0 aromatic carbocycles. The highest BCUT2D eigenvalue weighted by molar-refractivity contribution is 5.95. The molecule has 0 aliphatic heterocycles. The van der Waals surface area contributed by atoms with E-state index in [4.69, 9.17) is 0 Å². The largest absolute Gasteiger partial charge is 0.469 e. The molecule has 0 aliphatic rings. The van der Waals surface area contributed by atoms with Gasteiger partial charge in [0.05, 0.1) is 7.11 Å². The second kappa shape index (κ2) is 7.54. The van der Waals surface area contributed by atoms with Gasteiger partial charge in [0.2, 0.25) is 0 Å². The van der Waals surface area contributed by atoms with Crippen LogP contribution in [0.1, 0.15) is 46.0 Å². The van der Waals surface area contributed by atoms with Gasteiger partial charge in [-0.1, -0.05) is 33.1 Å². The summed E-state index contributed by atoms with van der Waals surface area (Å²) in [5, 5.41) is 0. The zero-order valence-corrected chi connectivity index (χ0v) is 9.34. The molecule has 0 saturated carbocycles. The minimum absolute atomic E-state index is 0.0135. The first-order valence-electron chi connectivity index (χ1n) is 5.18. The number of rotatable bonds is 7. The second-order valence-electron chi connectivity index (χ2n) is 3.74. The maximum absolute atomic E-state index is 11.3. The summed E-state index contributed by atoms with van der Waals surface area (Å²) in [6.45, 7) is 4.17. The monoisotopic (exact) mass is 200 g/mol. The predicted octanol–water partition coefficient (Wildman–Crippen LogP) is 2.33. The van der Waals surface area contributed by atoms with Crippen LogP contribution in [-0.2, 0) is 14.3 Å². The minimum atomic E-state index is -0.433. The number of esters is 1. The van der Waals surface area contributed by atoms with E-state index in [0.717, 1.165) is 19.3 Å². The van der Waals surface area contributed by atoms with Crippen LogP contribution in [0.5, 0.6) is 0 Å². The van der Waals surface area contributed by atoms with Crippen molar-refractivity contribution in [1.29, 1.82) is 0 Å². The van der Waals surface area contributed by atoms with E-state index in [2.05, 4.69) is 11.7 Å². The molecule has 0 bridgehead atoms.